The Morgan fingerprint density at radius 1 is 0.885 bits per heavy atom. The fourth-order valence-electron chi connectivity index (χ4n) is 4.56. The molecule has 0 unspecified atom stereocenters. The van der Waals surface area contributed by atoms with Crippen LogP contribution in [0.2, 0.25) is 0 Å². The van der Waals surface area contributed by atoms with Crippen LogP contribution in [-0.2, 0) is 5.41 Å². The van der Waals surface area contributed by atoms with Gasteiger partial charge < -0.3 is 0 Å². The molecule has 0 saturated carbocycles. The van der Waals surface area contributed by atoms with Gasteiger partial charge in [-0.1, -0.05) is 44.2 Å². The molecule has 0 aliphatic heterocycles. The Bertz CT molecular complexity index is 1360. The Hall–Kier alpha value is -2.78. The first kappa shape index (κ1) is 14.4. The molecule has 26 heavy (non-hydrogen) atoms. The minimum absolute atomic E-state index is 0.0575. The van der Waals surface area contributed by atoms with Gasteiger partial charge in [0.2, 0.25) is 0 Å². The highest BCUT2D eigenvalue weighted by Crippen LogP contribution is 2.53. The molecule has 2 nitrogen and oxygen atoms in total. The van der Waals surface area contributed by atoms with Crippen LogP contribution in [0.4, 0.5) is 0 Å². The van der Waals surface area contributed by atoms with E-state index in [0.717, 1.165) is 11.2 Å². The molecule has 6 rings (SSSR count). The number of hydrogen-bond donors (Lipinski definition) is 0. The summed E-state index contributed by atoms with van der Waals surface area (Å²) in [6, 6.07) is 17.2. The summed E-state index contributed by atoms with van der Waals surface area (Å²) in [6.07, 6.45) is 3.96. The van der Waals surface area contributed by atoms with Crippen molar-refractivity contribution in [2.24, 2.45) is 0 Å². The average Bonchev–Trinajstić information content (AvgIpc) is 3.16. The fraction of sp³-hybridized carbons (Fsp3) is 0.130. The predicted molar refractivity (Wildman–Crippen MR) is 110 cm³/mol. The highest BCUT2D eigenvalue weighted by molar-refractivity contribution is 7.26. The zero-order valence-electron chi connectivity index (χ0n) is 14.6. The molecule has 0 amide bonds. The SMILES string of the molecule is CC1(C)c2cccnc2-c2ccc3sc4c5ccccc5ncc4c3c21. The normalized spacial score (nSPS) is 14.8. The van der Waals surface area contributed by atoms with Crippen molar-refractivity contribution >= 4 is 42.4 Å². The molecule has 5 aromatic rings. The quantitative estimate of drug-likeness (QED) is 0.327. The molecule has 0 fully saturated rings. The van der Waals surface area contributed by atoms with Gasteiger partial charge in [0.1, 0.15) is 0 Å². The maximum absolute atomic E-state index is 4.75. The summed E-state index contributed by atoms with van der Waals surface area (Å²) in [4.78, 5) is 9.45. The van der Waals surface area contributed by atoms with Crippen molar-refractivity contribution in [1.29, 1.82) is 0 Å². The minimum Gasteiger partial charge on any atom is -0.256 e. The van der Waals surface area contributed by atoms with Crippen LogP contribution in [-0.4, -0.2) is 9.97 Å². The molecular formula is C23H16N2S. The minimum atomic E-state index is -0.0575. The van der Waals surface area contributed by atoms with E-state index < -0.39 is 0 Å². The van der Waals surface area contributed by atoms with Gasteiger partial charge in [-0.2, -0.15) is 0 Å². The molecule has 3 heteroatoms. The van der Waals surface area contributed by atoms with E-state index in [1.165, 1.54) is 42.2 Å². The van der Waals surface area contributed by atoms with Crippen molar-refractivity contribution in [3.8, 4) is 11.3 Å². The number of fused-ring (bicyclic) bond motifs is 9. The summed E-state index contributed by atoms with van der Waals surface area (Å²) in [5, 5.41) is 3.86. The number of hydrogen-bond acceptors (Lipinski definition) is 3. The standard InChI is InChI=1S/C23H16N2S/c1-23(2)16-7-5-11-24-21(16)14-9-10-18-19(20(14)23)15-12-25-17-8-4-3-6-13(17)22(15)26-18/h3-12H,1-2H3. The second kappa shape index (κ2) is 4.68. The Balaban J connectivity index is 1.84. The van der Waals surface area contributed by atoms with E-state index in [4.69, 9.17) is 9.97 Å². The van der Waals surface area contributed by atoms with Gasteiger partial charge in [0.25, 0.3) is 0 Å². The molecule has 0 spiro atoms. The first-order chi connectivity index (χ1) is 12.7. The third kappa shape index (κ3) is 1.62. The number of rotatable bonds is 0. The molecule has 0 saturated heterocycles. The lowest BCUT2D eigenvalue weighted by Gasteiger charge is -2.22. The predicted octanol–water partition coefficient (Wildman–Crippen LogP) is 6.30. The van der Waals surface area contributed by atoms with Crippen molar-refractivity contribution < 1.29 is 0 Å². The molecular weight excluding hydrogens is 336 g/mol. The molecule has 1 aliphatic rings. The molecule has 3 heterocycles. The first-order valence-electron chi connectivity index (χ1n) is 8.85. The molecule has 3 aromatic heterocycles. The first-order valence-corrected chi connectivity index (χ1v) is 9.67. The molecule has 2 aromatic carbocycles. The second-order valence-electron chi connectivity index (χ2n) is 7.51. The van der Waals surface area contributed by atoms with Gasteiger partial charge in [0.15, 0.2) is 0 Å². The third-order valence-corrected chi connectivity index (χ3v) is 6.94. The van der Waals surface area contributed by atoms with Crippen LogP contribution in [0.25, 0.3) is 42.3 Å². The van der Waals surface area contributed by atoms with Crippen LogP contribution in [0.3, 0.4) is 0 Å². The molecule has 1 aliphatic carbocycles. The van der Waals surface area contributed by atoms with Crippen LogP contribution in [0.5, 0.6) is 0 Å². The van der Waals surface area contributed by atoms with E-state index in [0.29, 0.717) is 0 Å². The lowest BCUT2D eigenvalue weighted by atomic mass is 9.81. The average molecular weight is 352 g/mol. The number of thiophene rings is 1. The van der Waals surface area contributed by atoms with Gasteiger partial charge in [-0.15, -0.1) is 11.3 Å². The number of aromatic nitrogens is 2. The summed E-state index contributed by atoms with van der Waals surface area (Å²) < 4.78 is 2.66. The van der Waals surface area contributed by atoms with Gasteiger partial charge in [0.05, 0.1) is 11.2 Å². The van der Waals surface area contributed by atoms with Gasteiger partial charge in [-0.25, -0.2) is 0 Å². The van der Waals surface area contributed by atoms with E-state index in [1.807, 2.05) is 23.6 Å². The molecule has 124 valence electrons. The fourth-order valence-corrected chi connectivity index (χ4v) is 5.77. The highest BCUT2D eigenvalue weighted by atomic mass is 32.1. The van der Waals surface area contributed by atoms with E-state index in [-0.39, 0.29) is 5.41 Å². The maximum Gasteiger partial charge on any atom is 0.0746 e. The number of nitrogens with zero attached hydrogens (tertiary/aromatic N) is 2. The van der Waals surface area contributed by atoms with E-state index in [9.17, 15) is 0 Å². The zero-order valence-corrected chi connectivity index (χ0v) is 15.4. The molecule has 0 radical (unpaired) electrons. The van der Waals surface area contributed by atoms with Crippen molar-refractivity contribution in [1.82, 2.24) is 9.97 Å². The van der Waals surface area contributed by atoms with Gasteiger partial charge in [0, 0.05) is 48.9 Å². The third-order valence-electron chi connectivity index (χ3n) is 5.74. The van der Waals surface area contributed by atoms with E-state index in [1.54, 1.807) is 0 Å². The summed E-state index contributed by atoms with van der Waals surface area (Å²) in [5.74, 6) is 0. The Kier molecular flexibility index (Phi) is 2.59. The van der Waals surface area contributed by atoms with E-state index >= 15 is 0 Å². The Morgan fingerprint density at radius 3 is 2.69 bits per heavy atom. The maximum atomic E-state index is 4.75. The summed E-state index contributed by atoms with van der Waals surface area (Å²) >= 11 is 1.88. The van der Waals surface area contributed by atoms with Gasteiger partial charge in [-0.3, -0.25) is 9.97 Å². The van der Waals surface area contributed by atoms with Crippen molar-refractivity contribution in [2.75, 3.05) is 0 Å². The number of para-hydroxylation sites is 1. The lowest BCUT2D eigenvalue weighted by Crippen LogP contribution is -2.15. The van der Waals surface area contributed by atoms with Crippen LogP contribution in [0.1, 0.15) is 25.0 Å². The Morgan fingerprint density at radius 2 is 1.77 bits per heavy atom. The van der Waals surface area contributed by atoms with Crippen molar-refractivity contribution in [2.45, 2.75) is 19.3 Å². The van der Waals surface area contributed by atoms with Gasteiger partial charge in [-0.05, 0) is 29.3 Å². The summed E-state index contributed by atoms with van der Waals surface area (Å²) in [7, 11) is 0. The number of benzene rings is 2. The lowest BCUT2D eigenvalue weighted by molar-refractivity contribution is 0.665. The molecule has 0 bridgehead atoms. The Labute approximate surface area is 155 Å². The van der Waals surface area contributed by atoms with Crippen LogP contribution in [0, 0.1) is 0 Å². The number of pyridine rings is 2. The topological polar surface area (TPSA) is 25.8 Å². The van der Waals surface area contributed by atoms with Crippen molar-refractivity contribution in [3.05, 3.63) is 72.1 Å². The molecule has 0 atom stereocenters. The summed E-state index contributed by atoms with van der Waals surface area (Å²) in [6.45, 7) is 4.63. The van der Waals surface area contributed by atoms with Gasteiger partial charge >= 0.3 is 0 Å². The largest absolute Gasteiger partial charge is 0.256 e. The highest BCUT2D eigenvalue weighted by Gasteiger charge is 2.38. The summed E-state index contributed by atoms with van der Waals surface area (Å²) in [5.41, 5.74) is 6.11. The van der Waals surface area contributed by atoms with Crippen molar-refractivity contribution in [3.63, 3.8) is 0 Å². The monoisotopic (exact) mass is 352 g/mol. The second-order valence-corrected chi connectivity index (χ2v) is 8.56. The van der Waals surface area contributed by atoms with Crippen LogP contribution < -0.4 is 0 Å². The van der Waals surface area contributed by atoms with Crippen LogP contribution >= 0.6 is 11.3 Å². The molecule has 0 N–H and O–H groups in total. The van der Waals surface area contributed by atoms with Crippen LogP contribution in [0.15, 0.2) is 60.9 Å². The van der Waals surface area contributed by atoms with E-state index in [2.05, 4.69) is 62.5 Å². The smallest absolute Gasteiger partial charge is 0.0746 e. The zero-order chi connectivity index (χ0) is 17.5.